The van der Waals surface area contributed by atoms with E-state index in [0.29, 0.717) is 3.95 Å². The van der Waals surface area contributed by atoms with Gasteiger partial charge < -0.3 is 5.32 Å². The summed E-state index contributed by atoms with van der Waals surface area (Å²) in [7, 11) is 0. The molecule has 0 spiro atoms. The van der Waals surface area contributed by atoms with Crippen molar-refractivity contribution in [2.45, 2.75) is 13.0 Å². The summed E-state index contributed by atoms with van der Waals surface area (Å²) in [4.78, 5) is 0. The largest absolute Gasteiger partial charge is 0.354 e. The maximum absolute atomic E-state index is 5.93. The van der Waals surface area contributed by atoms with Gasteiger partial charge in [-0.15, -0.1) is 5.10 Å². The Labute approximate surface area is 107 Å². The van der Waals surface area contributed by atoms with E-state index >= 15 is 0 Å². The van der Waals surface area contributed by atoms with Gasteiger partial charge in [-0.3, -0.25) is 5.10 Å². The molecule has 1 aromatic carbocycles. The minimum Gasteiger partial charge on any atom is -0.354 e. The van der Waals surface area contributed by atoms with Crippen molar-refractivity contribution >= 4 is 40.3 Å². The van der Waals surface area contributed by atoms with Crippen molar-refractivity contribution < 1.29 is 0 Å². The molecule has 1 atom stereocenters. The predicted octanol–water partition coefficient (Wildman–Crippen LogP) is 4.03. The minimum absolute atomic E-state index is 0.146. The van der Waals surface area contributed by atoms with Gasteiger partial charge in [0.15, 0.2) is 3.95 Å². The first-order valence-corrected chi connectivity index (χ1v) is 6.33. The average Bonchev–Trinajstić information content (AvgIpc) is 2.64. The number of nitrogens with zero attached hydrogens (tertiary/aromatic N) is 1. The van der Waals surface area contributed by atoms with Crippen LogP contribution < -0.4 is 5.32 Å². The van der Waals surface area contributed by atoms with Gasteiger partial charge >= 0.3 is 0 Å². The van der Waals surface area contributed by atoms with Gasteiger partial charge in [0.1, 0.15) is 0 Å². The first-order valence-electron chi connectivity index (χ1n) is 4.72. The van der Waals surface area contributed by atoms with E-state index in [-0.39, 0.29) is 6.04 Å². The molecule has 2 aromatic rings. The Kier molecular flexibility index (Phi) is 3.58. The van der Waals surface area contributed by atoms with Crippen LogP contribution in [0.2, 0.25) is 5.02 Å². The summed E-state index contributed by atoms with van der Waals surface area (Å²) in [5.41, 5.74) is 1.12. The van der Waals surface area contributed by atoms with Crippen molar-refractivity contribution in [2.75, 3.05) is 5.32 Å². The van der Waals surface area contributed by atoms with Crippen molar-refractivity contribution in [3.8, 4) is 0 Å². The number of aromatic amines is 1. The van der Waals surface area contributed by atoms with E-state index in [1.165, 1.54) is 11.3 Å². The van der Waals surface area contributed by atoms with Crippen LogP contribution in [0.25, 0.3) is 0 Å². The quantitative estimate of drug-likeness (QED) is 0.828. The van der Waals surface area contributed by atoms with Gasteiger partial charge in [-0.05, 0) is 36.8 Å². The van der Waals surface area contributed by atoms with Gasteiger partial charge in [0.2, 0.25) is 5.13 Å². The van der Waals surface area contributed by atoms with Crippen LogP contribution >= 0.6 is 35.2 Å². The molecule has 0 aliphatic carbocycles. The van der Waals surface area contributed by atoms with Gasteiger partial charge in [0, 0.05) is 5.02 Å². The first-order chi connectivity index (χ1) is 7.65. The highest BCUT2D eigenvalue weighted by Gasteiger charge is 2.07. The number of nitrogens with one attached hydrogen (secondary N) is 2. The molecular weight excluding hydrogens is 262 g/mol. The van der Waals surface area contributed by atoms with Crippen molar-refractivity contribution in [1.82, 2.24) is 10.2 Å². The molecule has 2 rings (SSSR count). The van der Waals surface area contributed by atoms with Crippen molar-refractivity contribution in [3.63, 3.8) is 0 Å². The molecule has 0 bridgehead atoms. The third kappa shape index (κ3) is 2.81. The second kappa shape index (κ2) is 4.95. The molecule has 1 heterocycles. The number of anilines is 1. The monoisotopic (exact) mass is 271 g/mol. The zero-order valence-electron chi connectivity index (χ0n) is 8.53. The van der Waals surface area contributed by atoms with Crippen LogP contribution in [-0.4, -0.2) is 10.2 Å². The smallest absolute Gasteiger partial charge is 0.204 e. The molecule has 1 aromatic heterocycles. The molecule has 1 unspecified atom stereocenters. The maximum atomic E-state index is 5.93. The van der Waals surface area contributed by atoms with Crippen molar-refractivity contribution in [2.24, 2.45) is 0 Å². The molecule has 0 amide bonds. The van der Waals surface area contributed by atoms with E-state index < -0.39 is 0 Å². The normalized spacial score (nSPS) is 12.4. The molecule has 0 fully saturated rings. The summed E-state index contributed by atoms with van der Waals surface area (Å²) in [6.07, 6.45) is 0. The molecule has 0 radical (unpaired) electrons. The maximum Gasteiger partial charge on any atom is 0.204 e. The third-order valence-electron chi connectivity index (χ3n) is 2.13. The summed E-state index contributed by atoms with van der Waals surface area (Å²) in [5.74, 6) is 0. The number of halogens is 1. The van der Waals surface area contributed by atoms with Crippen LogP contribution in [0.5, 0.6) is 0 Å². The Bertz CT molecular complexity index is 535. The summed E-state index contributed by atoms with van der Waals surface area (Å²) < 4.78 is 0.667. The molecule has 0 aliphatic heterocycles. The molecule has 0 saturated carbocycles. The number of H-pyrrole nitrogens is 1. The van der Waals surface area contributed by atoms with Crippen molar-refractivity contribution in [3.05, 3.63) is 38.8 Å². The molecule has 0 saturated heterocycles. The topological polar surface area (TPSA) is 40.7 Å². The zero-order chi connectivity index (χ0) is 11.5. The molecule has 2 N–H and O–H groups in total. The van der Waals surface area contributed by atoms with Crippen molar-refractivity contribution in [1.29, 1.82) is 0 Å². The van der Waals surface area contributed by atoms with Gasteiger partial charge in [0.25, 0.3) is 0 Å². The highest BCUT2D eigenvalue weighted by Crippen LogP contribution is 2.22. The summed E-state index contributed by atoms with van der Waals surface area (Å²) in [6, 6.07) is 7.90. The molecule has 0 aliphatic rings. The molecule has 16 heavy (non-hydrogen) atoms. The van der Waals surface area contributed by atoms with Crippen LogP contribution in [0.3, 0.4) is 0 Å². The highest BCUT2D eigenvalue weighted by atomic mass is 35.5. The van der Waals surface area contributed by atoms with Crippen LogP contribution in [0.4, 0.5) is 5.13 Å². The standard InChI is InChI=1S/C10H10ClN3S2/c1-6(7-3-2-4-8(11)5-7)12-9-13-14-10(15)16-9/h2-6H,1H3,(H,12,13)(H,14,15). The lowest BCUT2D eigenvalue weighted by molar-refractivity contribution is 0.873. The van der Waals surface area contributed by atoms with E-state index in [1.54, 1.807) is 0 Å². The van der Waals surface area contributed by atoms with E-state index in [4.69, 9.17) is 23.8 Å². The second-order valence-corrected chi connectivity index (χ2v) is 5.44. The SMILES string of the molecule is CC(Nc1n[nH]c(=S)s1)c1cccc(Cl)c1. The van der Waals surface area contributed by atoms with E-state index in [2.05, 4.69) is 22.4 Å². The first kappa shape index (κ1) is 11.6. The summed E-state index contributed by atoms with van der Waals surface area (Å²) >= 11 is 12.3. The molecule has 84 valence electrons. The fraction of sp³-hybridized carbons (Fsp3) is 0.200. The number of hydrogen-bond acceptors (Lipinski definition) is 4. The van der Waals surface area contributed by atoms with Gasteiger partial charge in [-0.25, -0.2) is 0 Å². The Morgan fingerprint density at radius 2 is 2.38 bits per heavy atom. The van der Waals surface area contributed by atoms with Crippen LogP contribution in [-0.2, 0) is 0 Å². The Morgan fingerprint density at radius 3 is 3.00 bits per heavy atom. The van der Waals surface area contributed by atoms with E-state index in [9.17, 15) is 0 Å². The number of benzene rings is 1. The van der Waals surface area contributed by atoms with Crippen LogP contribution in [0.15, 0.2) is 24.3 Å². The van der Waals surface area contributed by atoms with Gasteiger partial charge in [-0.1, -0.05) is 35.1 Å². The summed E-state index contributed by atoms with van der Waals surface area (Å²) in [6.45, 7) is 2.05. The lowest BCUT2D eigenvalue weighted by Gasteiger charge is -2.12. The predicted molar refractivity (Wildman–Crippen MR) is 70.8 cm³/mol. The van der Waals surface area contributed by atoms with Gasteiger partial charge in [0.05, 0.1) is 6.04 Å². The summed E-state index contributed by atoms with van der Waals surface area (Å²) in [5, 5.41) is 11.6. The third-order valence-corrected chi connectivity index (χ3v) is 3.38. The number of rotatable bonds is 3. The average molecular weight is 272 g/mol. The molecule has 3 nitrogen and oxygen atoms in total. The van der Waals surface area contributed by atoms with Gasteiger partial charge in [-0.2, -0.15) is 0 Å². The lowest BCUT2D eigenvalue weighted by atomic mass is 10.1. The zero-order valence-corrected chi connectivity index (χ0v) is 10.9. The number of aromatic nitrogens is 2. The van der Waals surface area contributed by atoms with Crippen LogP contribution in [0.1, 0.15) is 18.5 Å². The van der Waals surface area contributed by atoms with Crippen LogP contribution in [0, 0.1) is 3.95 Å². The fourth-order valence-corrected chi connectivity index (χ4v) is 2.41. The Balaban J connectivity index is 2.14. The van der Waals surface area contributed by atoms with E-state index in [1.807, 2.05) is 24.3 Å². The second-order valence-electron chi connectivity index (χ2n) is 3.34. The lowest BCUT2D eigenvalue weighted by Crippen LogP contribution is -2.06. The Morgan fingerprint density at radius 1 is 1.56 bits per heavy atom. The fourth-order valence-electron chi connectivity index (χ4n) is 1.34. The van der Waals surface area contributed by atoms with E-state index in [0.717, 1.165) is 15.7 Å². The highest BCUT2D eigenvalue weighted by molar-refractivity contribution is 7.73. The molecule has 6 heteroatoms. The minimum atomic E-state index is 0.146. The number of hydrogen-bond donors (Lipinski definition) is 2. The Hall–Kier alpha value is -0.910. The molecular formula is C10H10ClN3S2.